The van der Waals surface area contributed by atoms with Crippen LogP contribution < -0.4 is 0 Å². The SMILES string of the molecule is CC#Cc1ccc(-c2ccc(-c3ncc(CCCCC)cn3)cc2)c(F)c1F. The molecule has 0 spiro atoms. The van der Waals surface area contributed by atoms with Crippen LogP contribution in [0, 0.1) is 23.5 Å². The van der Waals surface area contributed by atoms with Gasteiger partial charge in [-0.1, -0.05) is 50.0 Å². The molecule has 0 fully saturated rings. The first kappa shape index (κ1) is 19.7. The lowest BCUT2D eigenvalue weighted by molar-refractivity contribution is 0.509. The molecule has 0 saturated heterocycles. The highest BCUT2D eigenvalue weighted by atomic mass is 19.2. The standard InChI is InChI=1S/C24H22F2N2/c1-3-5-6-8-17-15-27-24(28-16-17)20-11-9-18(10-12-20)21-14-13-19(7-4-2)22(25)23(21)26/h9-16H,3,5-6,8H2,1-2H3. The van der Waals surface area contributed by atoms with Crippen molar-refractivity contribution in [3.05, 3.63) is 71.6 Å². The molecule has 0 aliphatic rings. The third-order valence-corrected chi connectivity index (χ3v) is 4.57. The topological polar surface area (TPSA) is 25.8 Å². The number of rotatable bonds is 6. The summed E-state index contributed by atoms with van der Waals surface area (Å²) in [4.78, 5) is 8.87. The van der Waals surface area contributed by atoms with Gasteiger partial charge in [-0.3, -0.25) is 0 Å². The van der Waals surface area contributed by atoms with E-state index >= 15 is 0 Å². The first-order chi connectivity index (χ1) is 13.6. The van der Waals surface area contributed by atoms with Crippen molar-refractivity contribution in [1.82, 2.24) is 9.97 Å². The Balaban J connectivity index is 1.80. The van der Waals surface area contributed by atoms with Crippen LogP contribution in [0.15, 0.2) is 48.8 Å². The van der Waals surface area contributed by atoms with Crippen molar-refractivity contribution < 1.29 is 8.78 Å². The van der Waals surface area contributed by atoms with Crippen LogP contribution >= 0.6 is 0 Å². The molecule has 0 saturated carbocycles. The summed E-state index contributed by atoms with van der Waals surface area (Å²) < 4.78 is 28.5. The molecular weight excluding hydrogens is 354 g/mol. The molecule has 28 heavy (non-hydrogen) atoms. The monoisotopic (exact) mass is 376 g/mol. The molecular formula is C24H22F2N2. The molecule has 0 aliphatic heterocycles. The van der Waals surface area contributed by atoms with Gasteiger partial charge in [0.05, 0.1) is 5.56 Å². The summed E-state index contributed by atoms with van der Waals surface area (Å²) >= 11 is 0. The average molecular weight is 376 g/mol. The van der Waals surface area contributed by atoms with Crippen LogP contribution in [0.4, 0.5) is 8.78 Å². The minimum atomic E-state index is -0.919. The molecule has 0 unspecified atom stereocenters. The fraction of sp³-hybridized carbons (Fsp3) is 0.250. The molecule has 1 aromatic heterocycles. The van der Waals surface area contributed by atoms with Crippen molar-refractivity contribution in [3.8, 4) is 34.4 Å². The van der Waals surface area contributed by atoms with Gasteiger partial charge in [0.25, 0.3) is 0 Å². The third kappa shape index (κ3) is 4.43. The van der Waals surface area contributed by atoms with Gasteiger partial charge in [0.2, 0.25) is 0 Å². The van der Waals surface area contributed by atoms with Crippen LogP contribution in [-0.4, -0.2) is 9.97 Å². The van der Waals surface area contributed by atoms with Gasteiger partial charge in [-0.05, 0) is 43.0 Å². The van der Waals surface area contributed by atoms with Crippen molar-refractivity contribution in [1.29, 1.82) is 0 Å². The number of nitrogens with zero attached hydrogens (tertiary/aromatic N) is 2. The van der Waals surface area contributed by atoms with Crippen LogP contribution in [-0.2, 0) is 6.42 Å². The maximum Gasteiger partial charge on any atom is 0.175 e. The molecule has 0 amide bonds. The zero-order valence-electron chi connectivity index (χ0n) is 16.1. The zero-order valence-corrected chi connectivity index (χ0v) is 16.1. The predicted molar refractivity (Wildman–Crippen MR) is 109 cm³/mol. The second kappa shape index (κ2) is 9.23. The molecule has 2 nitrogen and oxygen atoms in total. The van der Waals surface area contributed by atoms with E-state index in [1.54, 1.807) is 25.1 Å². The van der Waals surface area contributed by atoms with E-state index in [4.69, 9.17) is 0 Å². The van der Waals surface area contributed by atoms with E-state index in [0.29, 0.717) is 11.4 Å². The summed E-state index contributed by atoms with van der Waals surface area (Å²) in [6, 6.07) is 10.2. The molecule has 142 valence electrons. The summed E-state index contributed by atoms with van der Waals surface area (Å²) in [5.41, 5.74) is 2.82. The summed E-state index contributed by atoms with van der Waals surface area (Å²) in [5, 5.41) is 0. The number of aromatic nitrogens is 2. The largest absolute Gasteiger partial charge is 0.236 e. The van der Waals surface area contributed by atoms with Gasteiger partial charge in [0.15, 0.2) is 17.5 Å². The normalized spacial score (nSPS) is 10.4. The highest BCUT2D eigenvalue weighted by Gasteiger charge is 2.14. The van der Waals surface area contributed by atoms with E-state index in [0.717, 1.165) is 24.0 Å². The molecule has 3 aromatic rings. The van der Waals surface area contributed by atoms with Gasteiger partial charge >= 0.3 is 0 Å². The van der Waals surface area contributed by atoms with Crippen LogP contribution in [0.25, 0.3) is 22.5 Å². The predicted octanol–water partition coefficient (Wildman–Crippen LogP) is 6.19. The Morgan fingerprint density at radius 2 is 1.54 bits per heavy atom. The Bertz CT molecular complexity index is 998. The van der Waals surface area contributed by atoms with Gasteiger partial charge in [-0.2, -0.15) is 0 Å². The van der Waals surface area contributed by atoms with E-state index < -0.39 is 11.6 Å². The maximum absolute atomic E-state index is 14.4. The first-order valence-corrected chi connectivity index (χ1v) is 9.46. The second-order valence-electron chi connectivity index (χ2n) is 6.61. The van der Waals surface area contributed by atoms with Gasteiger partial charge < -0.3 is 0 Å². The van der Waals surface area contributed by atoms with E-state index in [9.17, 15) is 8.78 Å². The van der Waals surface area contributed by atoms with Gasteiger partial charge in [-0.25, -0.2) is 18.7 Å². The van der Waals surface area contributed by atoms with Gasteiger partial charge in [0, 0.05) is 23.5 Å². The molecule has 2 aromatic carbocycles. The van der Waals surface area contributed by atoms with Crippen LogP contribution in [0.1, 0.15) is 44.2 Å². The van der Waals surface area contributed by atoms with E-state index in [1.165, 1.54) is 18.9 Å². The van der Waals surface area contributed by atoms with Crippen molar-refractivity contribution in [2.45, 2.75) is 39.5 Å². The second-order valence-corrected chi connectivity index (χ2v) is 6.61. The molecule has 0 aliphatic carbocycles. The fourth-order valence-corrected chi connectivity index (χ4v) is 3.01. The Kier molecular flexibility index (Phi) is 6.49. The third-order valence-electron chi connectivity index (χ3n) is 4.57. The van der Waals surface area contributed by atoms with E-state index in [2.05, 4.69) is 28.7 Å². The van der Waals surface area contributed by atoms with E-state index in [-0.39, 0.29) is 11.1 Å². The molecule has 4 heteroatoms. The zero-order chi connectivity index (χ0) is 19.9. The molecule has 0 radical (unpaired) electrons. The van der Waals surface area contributed by atoms with Crippen LogP contribution in [0.5, 0.6) is 0 Å². The molecule has 1 heterocycles. The van der Waals surface area contributed by atoms with Gasteiger partial charge in [-0.15, -0.1) is 5.92 Å². The van der Waals surface area contributed by atoms with Gasteiger partial charge in [0.1, 0.15) is 0 Å². The van der Waals surface area contributed by atoms with E-state index in [1.807, 2.05) is 24.5 Å². The lowest BCUT2D eigenvalue weighted by Gasteiger charge is -2.07. The lowest BCUT2D eigenvalue weighted by Crippen LogP contribution is -1.95. The number of hydrogen-bond donors (Lipinski definition) is 0. The highest BCUT2D eigenvalue weighted by molar-refractivity contribution is 5.69. The Morgan fingerprint density at radius 1 is 0.857 bits per heavy atom. The Morgan fingerprint density at radius 3 is 2.18 bits per heavy atom. The maximum atomic E-state index is 14.4. The summed E-state index contributed by atoms with van der Waals surface area (Å²) in [7, 11) is 0. The fourth-order valence-electron chi connectivity index (χ4n) is 3.01. The quantitative estimate of drug-likeness (QED) is 0.378. The molecule has 0 bridgehead atoms. The summed E-state index contributed by atoms with van der Waals surface area (Å²) in [6.07, 6.45) is 8.22. The lowest BCUT2D eigenvalue weighted by atomic mass is 10.0. The summed E-state index contributed by atoms with van der Waals surface area (Å²) in [5.74, 6) is 3.96. The number of aryl methyl sites for hydroxylation is 1. The minimum absolute atomic E-state index is 0.0628. The minimum Gasteiger partial charge on any atom is -0.236 e. The molecule has 0 N–H and O–H groups in total. The smallest absolute Gasteiger partial charge is 0.175 e. The summed E-state index contributed by atoms with van der Waals surface area (Å²) in [6.45, 7) is 3.76. The Labute approximate surface area is 164 Å². The molecule has 0 atom stereocenters. The number of halogens is 2. The average Bonchev–Trinajstić information content (AvgIpc) is 2.73. The number of unbranched alkanes of at least 4 members (excludes halogenated alkanes) is 2. The highest BCUT2D eigenvalue weighted by Crippen LogP contribution is 2.28. The van der Waals surface area contributed by atoms with Crippen LogP contribution in [0.3, 0.4) is 0 Å². The van der Waals surface area contributed by atoms with Crippen molar-refractivity contribution in [2.24, 2.45) is 0 Å². The first-order valence-electron chi connectivity index (χ1n) is 9.46. The van der Waals surface area contributed by atoms with Crippen molar-refractivity contribution in [2.75, 3.05) is 0 Å². The number of benzene rings is 2. The van der Waals surface area contributed by atoms with Crippen molar-refractivity contribution >= 4 is 0 Å². The molecule has 3 rings (SSSR count). The van der Waals surface area contributed by atoms with Crippen LogP contribution in [0.2, 0.25) is 0 Å². The number of hydrogen-bond acceptors (Lipinski definition) is 2. The van der Waals surface area contributed by atoms with Crippen molar-refractivity contribution in [3.63, 3.8) is 0 Å². The Hall–Kier alpha value is -3.06.